The first-order chi connectivity index (χ1) is 12.3. The lowest BCUT2D eigenvalue weighted by atomic mass is 10.2. The lowest BCUT2D eigenvalue weighted by Crippen LogP contribution is -2.15. The molecule has 26 heavy (non-hydrogen) atoms. The minimum absolute atomic E-state index is 0.00335. The van der Waals surface area contributed by atoms with Crippen molar-refractivity contribution in [3.63, 3.8) is 0 Å². The number of rotatable bonds is 4. The second-order valence-corrected chi connectivity index (χ2v) is 5.92. The first kappa shape index (κ1) is 16.3. The molecule has 7 nitrogen and oxygen atoms in total. The number of hydrogen-bond donors (Lipinski definition) is 2. The lowest BCUT2D eigenvalue weighted by molar-refractivity contribution is -0.144. The van der Waals surface area contributed by atoms with E-state index in [1.165, 1.54) is 29.1 Å². The van der Waals surface area contributed by atoms with E-state index in [2.05, 4.69) is 20.3 Å². The van der Waals surface area contributed by atoms with Gasteiger partial charge >= 0.3 is 12.1 Å². The van der Waals surface area contributed by atoms with Crippen molar-refractivity contribution >= 4 is 23.0 Å². The van der Waals surface area contributed by atoms with Crippen LogP contribution in [-0.4, -0.2) is 36.6 Å². The van der Waals surface area contributed by atoms with Crippen LogP contribution < -0.4 is 5.32 Å². The van der Waals surface area contributed by atoms with Gasteiger partial charge < -0.3 is 10.4 Å². The van der Waals surface area contributed by atoms with Crippen LogP contribution in [0.4, 0.5) is 19.0 Å². The molecule has 1 aliphatic carbocycles. The fourth-order valence-electron chi connectivity index (χ4n) is 2.59. The summed E-state index contributed by atoms with van der Waals surface area (Å²) in [7, 11) is 0. The average Bonchev–Trinajstić information content (AvgIpc) is 3.29. The van der Waals surface area contributed by atoms with Crippen molar-refractivity contribution in [1.82, 2.24) is 19.5 Å². The highest BCUT2D eigenvalue weighted by Crippen LogP contribution is 2.33. The molecule has 4 rings (SSSR count). The van der Waals surface area contributed by atoms with Crippen molar-refractivity contribution in [2.24, 2.45) is 0 Å². The molecule has 0 atom stereocenters. The summed E-state index contributed by atoms with van der Waals surface area (Å²) in [6, 6.07) is 6.02. The Kier molecular flexibility index (Phi) is 3.56. The van der Waals surface area contributed by atoms with Crippen molar-refractivity contribution in [2.45, 2.75) is 25.1 Å². The maximum absolute atomic E-state index is 13.2. The molecule has 0 spiro atoms. The quantitative estimate of drug-likeness (QED) is 0.740. The van der Waals surface area contributed by atoms with Gasteiger partial charge in [-0.05, 0) is 25.0 Å². The van der Waals surface area contributed by atoms with Crippen LogP contribution in [0.2, 0.25) is 0 Å². The first-order valence-corrected chi connectivity index (χ1v) is 7.76. The van der Waals surface area contributed by atoms with Gasteiger partial charge in [0.15, 0.2) is 17.0 Å². The van der Waals surface area contributed by atoms with Gasteiger partial charge in [0.1, 0.15) is 6.33 Å². The fourth-order valence-corrected chi connectivity index (χ4v) is 2.59. The molecule has 3 aromatic rings. The van der Waals surface area contributed by atoms with E-state index >= 15 is 0 Å². The summed E-state index contributed by atoms with van der Waals surface area (Å²) in [5.74, 6) is -2.51. The van der Waals surface area contributed by atoms with E-state index in [1.807, 2.05) is 0 Å². The molecule has 0 amide bonds. The number of carbonyl (C=O) groups is 1. The van der Waals surface area contributed by atoms with Crippen LogP contribution in [0, 0.1) is 0 Å². The van der Waals surface area contributed by atoms with Gasteiger partial charge in [0.25, 0.3) is 0 Å². The van der Waals surface area contributed by atoms with Crippen LogP contribution in [0.3, 0.4) is 0 Å². The number of hydrogen-bond acceptors (Lipinski definition) is 5. The number of nitrogens with zero attached hydrogens (tertiary/aromatic N) is 4. The van der Waals surface area contributed by atoms with Crippen molar-refractivity contribution in [3.8, 4) is 5.69 Å². The first-order valence-electron chi connectivity index (χ1n) is 7.76. The Hall–Kier alpha value is -3.17. The summed E-state index contributed by atoms with van der Waals surface area (Å²) in [6.07, 6.45) is -1.81. The van der Waals surface area contributed by atoms with E-state index in [1.54, 1.807) is 6.07 Å². The van der Waals surface area contributed by atoms with Gasteiger partial charge in [0.2, 0.25) is 5.82 Å². The number of para-hydroxylation sites is 1. The van der Waals surface area contributed by atoms with E-state index in [9.17, 15) is 23.1 Å². The molecule has 0 bridgehead atoms. The highest BCUT2D eigenvalue weighted by Gasteiger charge is 2.37. The van der Waals surface area contributed by atoms with Gasteiger partial charge in [0, 0.05) is 6.04 Å². The normalized spacial score (nSPS) is 14.6. The number of aromatic carboxylic acids is 1. The highest BCUT2D eigenvalue weighted by molar-refractivity contribution is 5.93. The Balaban J connectivity index is 1.96. The monoisotopic (exact) mass is 363 g/mol. The van der Waals surface area contributed by atoms with Gasteiger partial charge in [-0.25, -0.2) is 19.7 Å². The number of halogens is 3. The molecule has 0 radical (unpaired) electrons. The second kappa shape index (κ2) is 5.68. The predicted molar refractivity (Wildman–Crippen MR) is 85.3 cm³/mol. The molecule has 0 saturated heterocycles. The van der Waals surface area contributed by atoms with E-state index in [-0.39, 0.29) is 34.3 Å². The molecule has 2 heterocycles. The van der Waals surface area contributed by atoms with Crippen molar-refractivity contribution in [2.75, 3.05) is 5.32 Å². The molecule has 0 unspecified atom stereocenters. The zero-order chi connectivity index (χ0) is 18.5. The van der Waals surface area contributed by atoms with Crippen LogP contribution >= 0.6 is 0 Å². The van der Waals surface area contributed by atoms with Gasteiger partial charge in [-0.3, -0.25) is 4.57 Å². The Bertz CT molecular complexity index is 1010. The number of aromatic nitrogens is 4. The minimum Gasteiger partial charge on any atom is -0.478 e. The number of fused-ring (bicyclic) bond motifs is 1. The smallest absolute Gasteiger partial charge is 0.451 e. The van der Waals surface area contributed by atoms with Gasteiger partial charge in [-0.15, -0.1) is 0 Å². The topological polar surface area (TPSA) is 92.9 Å². The Morgan fingerprint density at radius 1 is 1.23 bits per heavy atom. The molecule has 1 fully saturated rings. The third kappa shape index (κ3) is 2.83. The summed E-state index contributed by atoms with van der Waals surface area (Å²) in [4.78, 5) is 22.7. The Morgan fingerprint density at radius 2 is 1.96 bits per heavy atom. The number of anilines is 1. The number of benzene rings is 1. The molecule has 1 aromatic carbocycles. The van der Waals surface area contributed by atoms with Crippen molar-refractivity contribution in [1.29, 1.82) is 0 Å². The molecular weight excluding hydrogens is 351 g/mol. The van der Waals surface area contributed by atoms with Crippen LogP contribution in [0.15, 0.2) is 30.6 Å². The van der Waals surface area contributed by atoms with Crippen molar-refractivity contribution < 1.29 is 23.1 Å². The van der Waals surface area contributed by atoms with Crippen molar-refractivity contribution in [3.05, 3.63) is 42.0 Å². The highest BCUT2D eigenvalue weighted by atomic mass is 19.4. The number of nitrogens with one attached hydrogen (secondary N) is 1. The number of carboxylic acid groups (broad SMARTS) is 1. The molecule has 134 valence electrons. The zero-order valence-corrected chi connectivity index (χ0v) is 13.2. The maximum Gasteiger partial charge on any atom is 0.451 e. The number of imidazole rings is 1. The molecular formula is C16H12F3N5O2. The fraction of sp³-hybridized carbons (Fsp3) is 0.250. The van der Waals surface area contributed by atoms with E-state index in [4.69, 9.17) is 0 Å². The Morgan fingerprint density at radius 3 is 2.62 bits per heavy atom. The predicted octanol–water partition coefficient (Wildman–Crippen LogP) is 3.11. The molecule has 1 saturated carbocycles. The molecule has 1 aliphatic rings. The molecule has 0 aliphatic heterocycles. The van der Waals surface area contributed by atoms with E-state index in [0.717, 1.165) is 12.8 Å². The minimum atomic E-state index is -4.74. The van der Waals surface area contributed by atoms with Gasteiger partial charge in [-0.2, -0.15) is 13.2 Å². The summed E-state index contributed by atoms with van der Waals surface area (Å²) in [5.41, 5.74) is 0.150. The van der Waals surface area contributed by atoms with Crippen LogP contribution in [0.5, 0.6) is 0 Å². The lowest BCUT2D eigenvalue weighted by Gasteiger charge is -2.11. The molecule has 10 heteroatoms. The van der Waals surface area contributed by atoms with E-state index < -0.39 is 18.0 Å². The number of alkyl halides is 3. The maximum atomic E-state index is 13.2. The van der Waals surface area contributed by atoms with Crippen LogP contribution in [0.25, 0.3) is 16.9 Å². The van der Waals surface area contributed by atoms with Crippen LogP contribution in [-0.2, 0) is 6.18 Å². The Labute approximate surface area is 144 Å². The van der Waals surface area contributed by atoms with Gasteiger partial charge in [-0.1, -0.05) is 12.1 Å². The summed E-state index contributed by atoms with van der Waals surface area (Å²) in [6.45, 7) is 0. The zero-order valence-electron chi connectivity index (χ0n) is 13.2. The summed E-state index contributed by atoms with van der Waals surface area (Å²) in [5, 5.41) is 12.3. The third-order valence-corrected chi connectivity index (χ3v) is 3.96. The standard InChI is InChI=1S/C16H12F3N5O2/c17-16(18,19)15-22-12(21-8-5-6-8)11-13(23-15)24(7-20-11)10-4-2-1-3-9(10)14(25)26/h1-4,7-8H,5-6H2,(H,25,26)(H,21,22,23). The largest absolute Gasteiger partial charge is 0.478 e. The summed E-state index contributed by atoms with van der Waals surface area (Å²) < 4.78 is 40.9. The van der Waals surface area contributed by atoms with Crippen LogP contribution in [0.1, 0.15) is 29.0 Å². The molecule has 2 aromatic heterocycles. The molecule has 2 N–H and O–H groups in total. The van der Waals surface area contributed by atoms with Gasteiger partial charge in [0.05, 0.1) is 11.3 Å². The third-order valence-electron chi connectivity index (χ3n) is 3.96. The number of carboxylic acids is 1. The summed E-state index contributed by atoms with van der Waals surface area (Å²) >= 11 is 0. The average molecular weight is 363 g/mol. The second-order valence-electron chi connectivity index (χ2n) is 5.92. The SMILES string of the molecule is O=C(O)c1ccccc1-n1cnc2c(NC3CC3)nc(C(F)(F)F)nc21. The van der Waals surface area contributed by atoms with E-state index in [0.29, 0.717) is 0 Å².